The maximum atomic E-state index is 10.3. The van der Waals surface area contributed by atoms with Crippen LogP contribution in [0.25, 0.3) is 0 Å². The van der Waals surface area contributed by atoms with Gasteiger partial charge in [-0.25, -0.2) is 9.59 Å². The predicted molar refractivity (Wildman–Crippen MR) is 81.1 cm³/mol. The SMILES string of the molecule is O.O=C(O)CC(O)(CC(=O)O)C(=O)O.O=C(O)CC(O)(CC(=O)O)C(=O)O.[H-].[H-].[H-].[K+].[K+].[K+]. The Kier molecular flexibility index (Phi) is 31.9. The third-order valence-electron chi connectivity index (χ3n) is 2.57. The standard InChI is InChI=1S/2C6H8O7.3K.H2O.3H/c2*7-3(8)1-6(13,5(11)12)2-4(9)10;;;;;;;/h2*13H,1-2H2,(H,7,8)(H,9,10)(H,11,12);;;;1H2;;;/q;;3*+1;;3*-1. The Morgan fingerprint density at radius 1 is 0.500 bits per heavy atom. The van der Waals surface area contributed by atoms with Gasteiger partial charge in [-0.05, 0) is 0 Å². The molecule has 0 fully saturated rings. The van der Waals surface area contributed by atoms with E-state index in [1.165, 1.54) is 0 Å². The first-order valence-corrected chi connectivity index (χ1v) is 6.34. The second-order valence-electron chi connectivity index (χ2n) is 4.96. The van der Waals surface area contributed by atoms with Crippen molar-refractivity contribution < 1.29 is 234 Å². The zero-order valence-corrected chi connectivity index (χ0v) is 25.7. The largest absolute Gasteiger partial charge is 1.00 e. The number of aliphatic hydroxyl groups is 2. The van der Waals surface area contributed by atoms with Crippen molar-refractivity contribution in [3.8, 4) is 0 Å². The first-order chi connectivity index (χ1) is 11.6. The maximum Gasteiger partial charge on any atom is 1.00 e. The van der Waals surface area contributed by atoms with Crippen LogP contribution in [0.15, 0.2) is 0 Å². The van der Waals surface area contributed by atoms with Crippen molar-refractivity contribution in [1.29, 1.82) is 0 Å². The molecule has 0 unspecified atom stereocenters. The zero-order chi connectivity index (χ0) is 21.3. The predicted octanol–water partition coefficient (Wildman–Crippen LogP) is -12.0. The van der Waals surface area contributed by atoms with E-state index in [2.05, 4.69) is 0 Å². The molecule has 0 saturated carbocycles. The van der Waals surface area contributed by atoms with Gasteiger partial charge < -0.3 is 50.6 Å². The monoisotopic (exact) mass is 522 g/mol. The van der Waals surface area contributed by atoms with Crippen LogP contribution in [0.5, 0.6) is 0 Å². The summed E-state index contributed by atoms with van der Waals surface area (Å²) in [4.78, 5) is 61.0. The molecule has 0 rings (SSSR count). The van der Waals surface area contributed by atoms with Crippen LogP contribution in [0.2, 0.25) is 0 Å². The first-order valence-electron chi connectivity index (χ1n) is 6.34. The third kappa shape index (κ3) is 21.5. The van der Waals surface area contributed by atoms with Crippen LogP contribution < -0.4 is 154 Å². The fourth-order valence-electron chi connectivity index (χ4n) is 1.43. The summed E-state index contributed by atoms with van der Waals surface area (Å²) in [5.41, 5.74) is -5.48. The van der Waals surface area contributed by atoms with Crippen LogP contribution in [0, 0.1) is 0 Å². The van der Waals surface area contributed by atoms with Gasteiger partial charge in [0.1, 0.15) is 0 Å². The normalized spacial score (nSPS) is 9.40. The maximum absolute atomic E-state index is 10.3. The minimum atomic E-state index is -2.74. The van der Waals surface area contributed by atoms with Crippen molar-refractivity contribution in [1.82, 2.24) is 0 Å². The minimum absolute atomic E-state index is 0. The van der Waals surface area contributed by atoms with Gasteiger partial charge in [0.05, 0.1) is 25.7 Å². The molecule has 0 aromatic rings. The number of carbonyl (C=O) groups is 6. The van der Waals surface area contributed by atoms with Crippen molar-refractivity contribution in [2.45, 2.75) is 36.9 Å². The van der Waals surface area contributed by atoms with Crippen molar-refractivity contribution in [2.75, 3.05) is 0 Å². The summed E-state index contributed by atoms with van der Waals surface area (Å²) in [6.45, 7) is 0. The van der Waals surface area contributed by atoms with Gasteiger partial charge in [0.25, 0.3) is 0 Å². The molecule has 0 heterocycles. The van der Waals surface area contributed by atoms with E-state index in [9.17, 15) is 28.8 Å². The number of carboxylic acids is 6. The van der Waals surface area contributed by atoms with E-state index in [-0.39, 0.29) is 164 Å². The van der Waals surface area contributed by atoms with Crippen molar-refractivity contribution in [3.63, 3.8) is 0 Å². The molecular weight excluding hydrogens is 501 g/mol. The molecule has 162 valence electrons. The summed E-state index contributed by atoms with van der Waals surface area (Å²) in [7, 11) is 0. The Balaban J connectivity index is -0.0000000411. The Labute approximate surface area is 300 Å². The molecule has 0 aromatic carbocycles. The van der Waals surface area contributed by atoms with Gasteiger partial charge in [-0.2, -0.15) is 0 Å². The van der Waals surface area contributed by atoms with Crippen LogP contribution >= 0.6 is 0 Å². The third-order valence-corrected chi connectivity index (χ3v) is 2.57. The summed E-state index contributed by atoms with van der Waals surface area (Å²) in [6.07, 6.45) is -4.58. The topological polar surface area (TPSA) is 296 Å². The van der Waals surface area contributed by atoms with Gasteiger partial charge >= 0.3 is 190 Å². The molecule has 15 nitrogen and oxygen atoms in total. The van der Waals surface area contributed by atoms with Gasteiger partial charge in [0, 0.05) is 0 Å². The van der Waals surface area contributed by atoms with E-state index in [1.807, 2.05) is 0 Å². The first kappa shape index (κ1) is 45.2. The van der Waals surface area contributed by atoms with Crippen molar-refractivity contribution in [2.24, 2.45) is 0 Å². The van der Waals surface area contributed by atoms with E-state index in [1.54, 1.807) is 0 Å². The Morgan fingerprint density at radius 3 is 0.700 bits per heavy atom. The summed E-state index contributed by atoms with van der Waals surface area (Å²) in [5.74, 6) is -10.0. The fraction of sp³-hybridized carbons (Fsp3) is 0.500. The molecule has 10 N–H and O–H groups in total. The molecular formula is C12H21K3O15. The zero-order valence-electron chi connectivity index (χ0n) is 19.4. The summed E-state index contributed by atoms with van der Waals surface area (Å²) < 4.78 is 0. The number of hydrogen-bond acceptors (Lipinski definition) is 8. The Morgan fingerprint density at radius 2 is 0.633 bits per heavy atom. The van der Waals surface area contributed by atoms with E-state index in [0.717, 1.165) is 0 Å². The molecule has 0 radical (unpaired) electrons. The fourth-order valence-corrected chi connectivity index (χ4v) is 1.43. The van der Waals surface area contributed by atoms with Gasteiger partial charge in [0.15, 0.2) is 11.2 Å². The molecule has 0 aliphatic carbocycles. The molecule has 30 heavy (non-hydrogen) atoms. The molecule has 0 aliphatic rings. The van der Waals surface area contributed by atoms with Gasteiger partial charge in [0.2, 0.25) is 0 Å². The average molecular weight is 523 g/mol. The quantitative estimate of drug-likeness (QED) is 0.124. The molecule has 18 heteroatoms. The second-order valence-corrected chi connectivity index (χ2v) is 4.96. The summed E-state index contributed by atoms with van der Waals surface area (Å²) in [5, 5.41) is 67.6. The molecule has 0 spiro atoms. The van der Waals surface area contributed by atoms with Crippen LogP contribution in [0.1, 0.15) is 30.0 Å². The van der Waals surface area contributed by atoms with Gasteiger partial charge in [-0.15, -0.1) is 0 Å². The van der Waals surface area contributed by atoms with E-state index >= 15 is 0 Å². The van der Waals surface area contributed by atoms with Crippen molar-refractivity contribution in [3.05, 3.63) is 0 Å². The molecule has 0 amide bonds. The Bertz CT molecular complexity index is 536. The number of aliphatic carboxylic acids is 6. The van der Waals surface area contributed by atoms with Crippen LogP contribution in [-0.2, 0) is 28.8 Å². The minimum Gasteiger partial charge on any atom is -1.00 e. The second kappa shape index (κ2) is 21.2. The molecule has 0 saturated heterocycles. The van der Waals surface area contributed by atoms with E-state index < -0.39 is 72.7 Å². The van der Waals surface area contributed by atoms with Gasteiger partial charge in [-0.1, -0.05) is 0 Å². The van der Waals surface area contributed by atoms with Crippen molar-refractivity contribution >= 4 is 35.8 Å². The van der Waals surface area contributed by atoms with E-state index in [0.29, 0.717) is 0 Å². The van der Waals surface area contributed by atoms with Gasteiger partial charge in [-0.3, -0.25) is 19.2 Å². The van der Waals surface area contributed by atoms with E-state index in [4.69, 9.17) is 40.9 Å². The van der Waals surface area contributed by atoms with Crippen LogP contribution in [0.4, 0.5) is 0 Å². The molecule has 0 bridgehead atoms. The average Bonchev–Trinajstić information content (AvgIpc) is 2.34. The smallest absolute Gasteiger partial charge is 1.00 e. The summed E-state index contributed by atoms with van der Waals surface area (Å²) >= 11 is 0. The summed E-state index contributed by atoms with van der Waals surface area (Å²) in [6, 6.07) is 0. The van der Waals surface area contributed by atoms with Crippen LogP contribution in [-0.4, -0.2) is 93.3 Å². The number of hydrogen-bond donors (Lipinski definition) is 8. The molecule has 0 aliphatic heterocycles. The molecule has 0 aromatic heterocycles. The number of rotatable bonds is 10. The molecule has 0 atom stereocenters. The Hall–Kier alpha value is 1.61. The number of carboxylic acid groups (broad SMARTS) is 6. The van der Waals surface area contributed by atoms with Crippen LogP contribution in [0.3, 0.4) is 0 Å².